The van der Waals surface area contributed by atoms with Crippen molar-refractivity contribution in [3.8, 4) is 0 Å². The fourth-order valence-electron chi connectivity index (χ4n) is 0.918. The largest absolute Gasteiger partial charge is 0.399 e. The molecule has 0 spiro atoms. The lowest BCUT2D eigenvalue weighted by Gasteiger charge is -2.02. The topological polar surface area (TPSA) is 72.2 Å². The van der Waals surface area contributed by atoms with Crippen molar-refractivity contribution in [3.05, 3.63) is 29.8 Å². The lowest BCUT2D eigenvalue weighted by Crippen LogP contribution is -2.21. The van der Waals surface area contributed by atoms with Gasteiger partial charge in [-0.25, -0.2) is 13.1 Å². The van der Waals surface area contributed by atoms with E-state index in [2.05, 4.69) is 4.72 Å². The molecule has 0 aliphatic heterocycles. The van der Waals surface area contributed by atoms with Crippen molar-refractivity contribution in [1.29, 1.82) is 0 Å². The van der Waals surface area contributed by atoms with Gasteiger partial charge in [-0.1, -0.05) is 12.1 Å². The molecular formula is C8H12N2O2S. The van der Waals surface area contributed by atoms with Crippen molar-refractivity contribution in [2.45, 2.75) is 6.54 Å². The highest BCUT2D eigenvalue weighted by Gasteiger charge is 2.00. The normalized spacial score (nSPS) is 11.5. The third kappa shape index (κ3) is 3.91. The average Bonchev–Trinajstić information content (AvgIpc) is 2.00. The van der Waals surface area contributed by atoms with Gasteiger partial charge in [-0.05, 0) is 17.7 Å². The van der Waals surface area contributed by atoms with Gasteiger partial charge in [-0.2, -0.15) is 0 Å². The van der Waals surface area contributed by atoms with E-state index in [1.165, 1.54) is 0 Å². The van der Waals surface area contributed by atoms with Gasteiger partial charge in [0.25, 0.3) is 0 Å². The molecule has 3 N–H and O–H groups in total. The summed E-state index contributed by atoms with van der Waals surface area (Å²) in [5.41, 5.74) is 7.01. The van der Waals surface area contributed by atoms with Gasteiger partial charge >= 0.3 is 0 Å². The zero-order valence-electron chi connectivity index (χ0n) is 7.32. The monoisotopic (exact) mass is 200 g/mol. The molecule has 0 saturated heterocycles. The fourth-order valence-corrected chi connectivity index (χ4v) is 1.35. The Labute approximate surface area is 77.8 Å². The number of rotatable bonds is 3. The van der Waals surface area contributed by atoms with E-state index in [4.69, 9.17) is 5.73 Å². The third-order valence-corrected chi connectivity index (χ3v) is 2.16. The molecule has 0 saturated carbocycles. The highest BCUT2D eigenvalue weighted by Crippen LogP contribution is 2.05. The van der Waals surface area contributed by atoms with E-state index >= 15 is 0 Å². The van der Waals surface area contributed by atoms with Gasteiger partial charge < -0.3 is 5.73 Å². The van der Waals surface area contributed by atoms with Crippen LogP contribution in [0.4, 0.5) is 5.69 Å². The first-order valence-electron chi connectivity index (χ1n) is 3.76. The van der Waals surface area contributed by atoms with Crippen molar-refractivity contribution >= 4 is 15.7 Å². The van der Waals surface area contributed by atoms with Crippen LogP contribution in [0, 0.1) is 0 Å². The van der Waals surface area contributed by atoms with Crippen molar-refractivity contribution < 1.29 is 8.42 Å². The molecule has 0 aliphatic rings. The zero-order valence-corrected chi connectivity index (χ0v) is 8.14. The molecule has 0 fully saturated rings. The lowest BCUT2D eigenvalue weighted by molar-refractivity contribution is 0.587. The van der Waals surface area contributed by atoms with Gasteiger partial charge in [0.05, 0.1) is 6.26 Å². The quantitative estimate of drug-likeness (QED) is 0.690. The maximum absolute atomic E-state index is 10.7. The van der Waals surface area contributed by atoms with Gasteiger partial charge in [0.2, 0.25) is 10.0 Å². The van der Waals surface area contributed by atoms with Crippen LogP contribution in [0.5, 0.6) is 0 Å². The summed E-state index contributed by atoms with van der Waals surface area (Å²) in [5.74, 6) is 0. The molecular weight excluding hydrogens is 188 g/mol. The van der Waals surface area contributed by atoms with Crippen LogP contribution in [-0.2, 0) is 16.6 Å². The predicted molar refractivity (Wildman–Crippen MR) is 52.5 cm³/mol. The number of hydrogen-bond donors (Lipinski definition) is 2. The number of benzene rings is 1. The molecule has 0 aliphatic carbocycles. The summed E-state index contributed by atoms with van der Waals surface area (Å²) in [6, 6.07) is 7.09. The first-order valence-corrected chi connectivity index (χ1v) is 5.65. The molecule has 0 heterocycles. The smallest absolute Gasteiger partial charge is 0.209 e. The minimum Gasteiger partial charge on any atom is -0.399 e. The molecule has 1 aromatic carbocycles. The second-order valence-corrected chi connectivity index (χ2v) is 4.67. The van der Waals surface area contributed by atoms with Crippen molar-refractivity contribution in [2.24, 2.45) is 0 Å². The van der Waals surface area contributed by atoms with Crippen molar-refractivity contribution in [3.63, 3.8) is 0 Å². The van der Waals surface area contributed by atoms with Crippen LogP contribution < -0.4 is 10.5 Å². The highest BCUT2D eigenvalue weighted by molar-refractivity contribution is 7.88. The predicted octanol–water partition coefficient (Wildman–Crippen LogP) is 0.318. The molecule has 0 aromatic heterocycles. The molecule has 0 radical (unpaired) electrons. The molecule has 0 atom stereocenters. The molecule has 4 nitrogen and oxygen atoms in total. The van der Waals surface area contributed by atoms with Crippen LogP contribution in [0.2, 0.25) is 0 Å². The summed E-state index contributed by atoms with van der Waals surface area (Å²) in [4.78, 5) is 0. The lowest BCUT2D eigenvalue weighted by atomic mass is 10.2. The summed E-state index contributed by atoms with van der Waals surface area (Å²) in [7, 11) is -3.13. The summed E-state index contributed by atoms with van der Waals surface area (Å²) in [6.07, 6.45) is 1.12. The zero-order chi connectivity index (χ0) is 9.90. The minimum atomic E-state index is -3.13. The van der Waals surface area contributed by atoms with Gasteiger partial charge in [0.1, 0.15) is 0 Å². The van der Waals surface area contributed by atoms with E-state index in [1.807, 2.05) is 6.07 Å². The number of hydrogen-bond acceptors (Lipinski definition) is 3. The Bertz CT molecular complexity index is 387. The van der Waals surface area contributed by atoms with E-state index in [1.54, 1.807) is 18.2 Å². The van der Waals surface area contributed by atoms with Crippen LogP contribution >= 0.6 is 0 Å². The Kier molecular flexibility index (Phi) is 2.90. The Morgan fingerprint density at radius 1 is 1.46 bits per heavy atom. The van der Waals surface area contributed by atoms with Crippen LogP contribution in [0.25, 0.3) is 0 Å². The van der Waals surface area contributed by atoms with E-state index in [0.717, 1.165) is 11.8 Å². The SMILES string of the molecule is CS(=O)(=O)NCc1cccc(N)c1. The molecule has 13 heavy (non-hydrogen) atoms. The fraction of sp³-hybridized carbons (Fsp3) is 0.250. The Morgan fingerprint density at radius 2 is 2.15 bits per heavy atom. The van der Waals surface area contributed by atoms with Crippen LogP contribution in [0.1, 0.15) is 5.56 Å². The first-order chi connectivity index (χ1) is 5.97. The van der Waals surface area contributed by atoms with Crippen LogP contribution in [0.15, 0.2) is 24.3 Å². The van der Waals surface area contributed by atoms with Gasteiger partial charge in [-0.3, -0.25) is 0 Å². The number of nitrogen functional groups attached to an aromatic ring is 1. The van der Waals surface area contributed by atoms with E-state index in [-0.39, 0.29) is 6.54 Å². The Balaban J connectivity index is 2.65. The summed E-state index contributed by atoms with van der Waals surface area (Å²) in [6.45, 7) is 0.282. The van der Waals surface area contributed by atoms with E-state index < -0.39 is 10.0 Å². The number of nitrogens with one attached hydrogen (secondary N) is 1. The van der Waals surface area contributed by atoms with Gasteiger partial charge in [0, 0.05) is 12.2 Å². The van der Waals surface area contributed by atoms with Crippen LogP contribution in [-0.4, -0.2) is 14.7 Å². The summed E-state index contributed by atoms with van der Waals surface area (Å²) < 4.78 is 23.9. The Hall–Kier alpha value is -1.07. The second kappa shape index (κ2) is 3.76. The highest BCUT2D eigenvalue weighted by atomic mass is 32.2. The number of anilines is 1. The standard InChI is InChI=1S/C8H12N2O2S/c1-13(11,12)10-6-7-3-2-4-8(9)5-7/h2-5,10H,6,9H2,1H3. The molecule has 5 heteroatoms. The van der Waals surface area contributed by atoms with Crippen LogP contribution in [0.3, 0.4) is 0 Å². The molecule has 72 valence electrons. The first kappa shape index (κ1) is 10.0. The third-order valence-electron chi connectivity index (χ3n) is 1.49. The number of sulfonamides is 1. The number of nitrogens with two attached hydrogens (primary N) is 1. The van der Waals surface area contributed by atoms with Gasteiger partial charge in [-0.15, -0.1) is 0 Å². The maximum Gasteiger partial charge on any atom is 0.209 e. The van der Waals surface area contributed by atoms with Gasteiger partial charge in [0.15, 0.2) is 0 Å². The molecule has 1 aromatic rings. The molecule has 0 amide bonds. The summed E-state index contributed by atoms with van der Waals surface area (Å²) in [5, 5.41) is 0. The van der Waals surface area contributed by atoms with E-state index in [0.29, 0.717) is 5.69 Å². The molecule has 0 bridgehead atoms. The van der Waals surface area contributed by atoms with Crippen molar-refractivity contribution in [1.82, 2.24) is 4.72 Å². The molecule has 0 unspecified atom stereocenters. The Morgan fingerprint density at radius 3 is 2.69 bits per heavy atom. The van der Waals surface area contributed by atoms with Crippen molar-refractivity contribution in [2.75, 3.05) is 12.0 Å². The maximum atomic E-state index is 10.7. The second-order valence-electron chi connectivity index (χ2n) is 2.84. The van der Waals surface area contributed by atoms with E-state index in [9.17, 15) is 8.42 Å². The molecule has 1 rings (SSSR count). The minimum absolute atomic E-state index is 0.282. The summed E-state index contributed by atoms with van der Waals surface area (Å²) >= 11 is 0. The average molecular weight is 200 g/mol.